The van der Waals surface area contributed by atoms with E-state index in [1.165, 1.54) is 29.1 Å². The van der Waals surface area contributed by atoms with Gasteiger partial charge in [0, 0.05) is 16.7 Å². The first kappa shape index (κ1) is 11.0. The van der Waals surface area contributed by atoms with Crippen LogP contribution in [0.5, 0.6) is 0 Å². The first-order valence-corrected chi connectivity index (χ1v) is 6.65. The van der Waals surface area contributed by atoms with E-state index in [0.717, 1.165) is 5.92 Å². The fourth-order valence-electron chi connectivity index (χ4n) is 1.84. The summed E-state index contributed by atoms with van der Waals surface area (Å²) >= 11 is 1.97. The molecule has 2 heteroatoms. The van der Waals surface area contributed by atoms with Crippen LogP contribution in [0.2, 0.25) is 0 Å². The van der Waals surface area contributed by atoms with Crippen LogP contribution >= 0.6 is 11.8 Å². The summed E-state index contributed by atoms with van der Waals surface area (Å²) in [5.74, 6) is 2.14. The zero-order chi connectivity index (χ0) is 10.7. The van der Waals surface area contributed by atoms with Crippen LogP contribution in [-0.4, -0.2) is 18.8 Å². The van der Waals surface area contributed by atoms with Gasteiger partial charge in [0.05, 0.1) is 0 Å². The minimum Gasteiger partial charge on any atom is -0.316 e. The number of nitrogens with one attached hydrogen (secondary N) is 1. The summed E-state index contributed by atoms with van der Waals surface area (Å²) in [7, 11) is 2.08. The summed E-state index contributed by atoms with van der Waals surface area (Å²) in [6.45, 7) is 2.15. The van der Waals surface area contributed by atoms with Crippen molar-refractivity contribution in [1.29, 1.82) is 0 Å². The average Bonchev–Trinajstić information content (AvgIpc) is 3.03. The van der Waals surface area contributed by atoms with Gasteiger partial charge >= 0.3 is 0 Å². The second-order valence-corrected chi connectivity index (χ2v) is 5.45. The first-order chi connectivity index (χ1) is 7.29. The second-order valence-electron chi connectivity index (χ2n) is 4.36. The third-order valence-corrected chi connectivity index (χ3v) is 4.09. The van der Waals surface area contributed by atoms with E-state index in [-0.39, 0.29) is 0 Å². The van der Waals surface area contributed by atoms with Gasteiger partial charge in [-0.2, -0.15) is 0 Å². The van der Waals surface area contributed by atoms with Crippen molar-refractivity contribution >= 4 is 11.8 Å². The molecule has 1 aromatic rings. The monoisotopic (exact) mass is 221 g/mol. The van der Waals surface area contributed by atoms with Crippen LogP contribution in [0.25, 0.3) is 0 Å². The van der Waals surface area contributed by atoms with Crippen molar-refractivity contribution in [2.45, 2.75) is 30.7 Å². The Hall–Kier alpha value is -0.470. The van der Waals surface area contributed by atoms with Crippen molar-refractivity contribution in [2.75, 3.05) is 12.8 Å². The van der Waals surface area contributed by atoms with E-state index in [1.807, 2.05) is 11.8 Å². The van der Waals surface area contributed by atoms with Gasteiger partial charge in [0.1, 0.15) is 0 Å². The van der Waals surface area contributed by atoms with Crippen LogP contribution in [0.4, 0.5) is 0 Å². The molecule has 0 spiro atoms. The molecular formula is C13H19NS. The lowest BCUT2D eigenvalue weighted by Crippen LogP contribution is -2.29. The molecule has 1 aliphatic carbocycles. The van der Waals surface area contributed by atoms with Crippen LogP contribution in [-0.2, 0) is 0 Å². The molecule has 82 valence electrons. The Labute approximate surface area is 96.7 Å². The van der Waals surface area contributed by atoms with Gasteiger partial charge < -0.3 is 5.32 Å². The quantitative estimate of drug-likeness (QED) is 0.767. The van der Waals surface area contributed by atoms with E-state index in [2.05, 4.69) is 43.6 Å². The Bertz CT molecular complexity index is 320. The molecule has 1 aromatic carbocycles. The third kappa shape index (κ3) is 3.25. The number of hydrogen-bond acceptors (Lipinski definition) is 2. The van der Waals surface area contributed by atoms with Gasteiger partial charge in [-0.25, -0.2) is 0 Å². The number of hydrogen-bond donors (Lipinski definition) is 1. The van der Waals surface area contributed by atoms with Crippen LogP contribution in [0, 0.1) is 12.8 Å². The van der Waals surface area contributed by atoms with Gasteiger partial charge in [-0.3, -0.25) is 0 Å². The number of thioether (sulfide) groups is 1. The van der Waals surface area contributed by atoms with Crippen LogP contribution in [0.15, 0.2) is 29.2 Å². The molecule has 0 aliphatic heterocycles. The Morgan fingerprint density at radius 1 is 1.47 bits per heavy atom. The highest BCUT2D eigenvalue weighted by Gasteiger charge is 2.29. The number of benzene rings is 1. The summed E-state index contributed by atoms with van der Waals surface area (Å²) in [6.07, 6.45) is 2.83. The van der Waals surface area contributed by atoms with Crippen LogP contribution < -0.4 is 5.32 Å². The molecule has 0 radical (unpaired) electrons. The fraction of sp³-hybridized carbons (Fsp3) is 0.538. The molecule has 2 rings (SSSR count). The molecule has 0 amide bonds. The van der Waals surface area contributed by atoms with Crippen molar-refractivity contribution in [2.24, 2.45) is 5.92 Å². The SMILES string of the molecule is CNC(CSc1cccc(C)c1)C1CC1. The van der Waals surface area contributed by atoms with Crippen molar-refractivity contribution in [3.05, 3.63) is 29.8 Å². The van der Waals surface area contributed by atoms with E-state index in [1.54, 1.807) is 0 Å². The highest BCUT2D eigenvalue weighted by molar-refractivity contribution is 7.99. The Morgan fingerprint density at radius 3 is 2.87 bits per heavy atom. The van der Waals surface area contributed by atoms with Gasteiger partial charge in [0.15, 0.2) is 0 Å². The van der Waals surface area contributed by atoms with Gasteiger partial charge in [-0.1, -0.05) is 17.7 Å². The topological polar surface area (TPSA) is 12.0 Å². The highest BCUT2D eigenvalue weighted by atomic mass is 32.2. The molecule has 1 nitrogen and oxygen atoms in total. The molecule has 1 aliphatic rings. The van der Waals surface area contributed by atoms with Crippen molar-refractivity contribution in [3.63, 3.8) is 0 Å². The smallest absolute Gasteiger partial charge is 0.0186 e. The van der Waals surface area contributed by atoms with Crippen LogP contribution in [0.1, 0.15) is 18.4 Å². The Kier molecular flexibility index (Phi) is 3.71. The summed E-state index contributed by atoms with van der Waals surface area (Å²) < 4.78 is 0. The lowest BCUT2D eigenvalue weighted by molar-refractivity contribution is 0.554. The van der Waals surface area contributed by atoms with E-state index in [4.69, 9.17) is 0 Å². The molecule has 0 saturated heterocycles. The first-order valence-electron chi connectivity index (χ1n) is 5.66. The number of aryl methyl sites for hydroxylation is 1. The Morgan fingerprint density at radius 2 is 2.27 bits per heavy atom. The second kappa shape index (κ2) is 5.04. The van der Waals surface area contributed by atoms with Crippen molar-refractivity contribution in [3.8, 4) is 0 Å². The minimum atomic E-state index is 0.704. The molecule has 1 N–H and O–H groups in total. The van der Waals surface area contributed by atoms with Gasteiger partial charge in [-0.05, 0) is 44.9 Å². The summed E-state index contributed by atoms with van der Waals surface area (Å²) in [5, 5.41) is 3.43. The third-order valence-electron chi connectivity index (χ3n) is 2.98. The standard InChI is InChI=1S/C13H19NS/c1-10-4-3-5-12(8-10)15-9-13(14-2)11-6-7-11/h3-5,8,11,13-14H,6-7,9H2,1-2H3. The predicted octanol–water partition coefficient (Wildman–Crippen LogP) is 3.09. The fourth-order valence-corrected chi connectivity index (χ4v) is 3.10. The Balaban J connectivity index is 1.86. The van der Waals surface area contributed by atoms with E-state index >= 15 is 0 Å². The lowest BCUT2D eigenvalue weighted by Gasteiger charge is -2.14. The molecule has 1 saturated carbocycles. The molecule has 0 bridgehead atoms. The molecule has 1 unspecified atom stereocenters. The largest absolute Gasteiger partial charge is 0.316 e. The number of rotatable bonds is 5. The highest BCUT2D eigenvalue weighted by Crippen LogP contribution is 2.35. The maximum atomic E-state index is 3.43. The summed E-state index contributed by atoms with van der Waals surface area (Å²) in [6, 6.07) is 9.47. The average molecular weight is 221 g/mol. The molecule has 0 aromatic heterocycles. The van der Waals surface area contributed by atoms with Crippen LogP contribution in [0.3, 0.4) is 0 Å². The zero-order valence-corrected chi connectivity index (χ0v) is 10.3. The van der Waals surface area contributed by atoms with Gasteiger partial charge in [-0.15, -0.1) is 11.8 Å². The minimum absolute atomic E-state index is 0.704. The molecule has 15 heavy (non-hydrogen) atoms. The maximum Gasteiger partial charge on any atom is 0.0186 e. The van der Waals surface area contributed by atoms with E-state index < -0.39 is 0 Å². The maximum absolute atomic E-state index is 3.43. The van der Waals surface area contributed by atoms with E-state index in [0.29, 0.717) is 6.04 Å². The molecule has 1 atom stereocenters. The lowest BCUT2D eigenvalue weighted by atomic mass is 10.2. The van der Waals surface area contributed by atoms with Gasteiger partial charge in [0.25, 0.3) is 0 Å². The summed E-state index contributed by atoms with van der Waals surface area (Å²) in [5.41, 5.74) is 1.35. The molecular weight excluding hydrogens is 202 g/mol. The normalized spacial score (nSPS) is 17.7. The molecule has 1 fully saturated rings. The predicted molar refractivity (Wildman–Crippen MR) is 67.5 cm³/mol. The summed E-state index contributed by atoms with van der Waals surface area (Å²) in [4.78, 5) is 1.40. The molecule has 0 heterocycles. The van der Waals surface area contributed by atoms with E-state index in [9.17, 15) is 0 Å². The van der Waals surface area contributed by atoms with Crippen molar-refractivity contribution in [1.82, 2.24) is 5.32 Å². The zero-order valence-electron chi connectivity index (χ0n) is 9.49. The van der Waals surface area contributed by atoms with Gasteiger partial charge in [0.2, 0.25) is 0 Å². The van der Waals surface area contributed by atoms with Crippen molar-refractivity contribution < 1.29 is 0 Å².